The molecule has 4 amide bonds. The van der Waals surface area contributed by atoms with Gasteiger partial charge in [0.05, 0.1) is 74.4 Å². The SMILES string of the molecule is CC(C)C[C@H](NNCC(=O)NC(Cc1c[nH]c2ccc3oc(-c4ccccc4)nc3c12)C(=O)C(=O)[C@@H](N)CC(=O)O)C(=O)N[C@@H](CC(N)=O)C(=O)C(=O)[C@@H](NN1CCC[C@H]1C(=O)C(=O)[C@H](CO)NN[C@@H](CCCNC(N)N)C(=O)C(=O)[C@@H](NC(=O)[C@H](CCCNC(N)N)NN[C@@H](Cc1ccccc1)C(=O)C=O)[C@@H](C)O)C(C)C. The van der Waals surface area contributed by atoms with Gasteiger partial charge in [0.2, 0.25) is 81.6 Å². The number of Topliss-reactive ketones (excluding diaryl/α,β-unsaturated/α-hetero) is 9. The number of hydrogen-bond donors (Lipinski definition) is 22. The van der Waals surface area contributed by atoms with Crippen LogP contribution in [0.5, 0.6) is 0 Å². The van der Waals surface area contributed by atoms with Crippen molar-refractivity contribution in [1.82, 2.24) is 79.5 Å². The van der Waals surface area contributed by atoms with E-state index in [1.165, 1.54) is 18.9 Å². The number of hydrazine groups is 4. The molecular formula is C73H105N21O19. The largest absolute Gasteiger partial charge is 0.481 e. The van der Waals surface area contributed by atoms with Crippen LogP contribution >= 0.6 is 0 Å². The van der Waals surface area contributed by atoms with Gasteiger partial charge in [0, 0.05) is 35.6 Å². The lowest BCUT2D eigenvalue weighted by Crippen LogP contribution is -2.62. The number of aromatic amines is 1. The number of H-pyrrole nitrogens is 1. The lowest BCUT2D eigenvalue weighted by Gasteiger charge is -2.31. The van der Waals surface area contributed by atoms with Crippen molar-refractivity contribution in [3.05, 3.63) is 90.1 Å². The van der Waals surface area contributed by atoms with Crippen LogP contribution in [0.1, 0.15) is 104 Å². The molecule has 0 bridgehead atoms. The molecule has 0 spiro atoms. The molecule has 0 saturated carbocycles. The standard InChI is InChI=1S/C73H105N21O19/c1-36(2)27-49(88-83-33-55(100)84-47(63(105)61(103)42(74)30-56(101)102)29-41-32-82-43-22-23-53-60(57(41)43)87-71(113-53)40-17-10-7-11-18-40)70(112)85-48(31-54(75)99)64(106)67(109)58(37(3)4)93-94-26-14-21-51(94)66(108)65(107)50(34-95)92-89-44(19-12-24-80-72(76)77)62(104)68(110)59(38(5)97)86-69(111)45(20-13-25-81-73(78)79)90-91-46(52(98)35-96)28-39-15-8-6-9-16-39/h6-11,15-18,22-23,32,35-38,42,44-51,58-59,72-73,80-83,88-93,95,97H,12-14,19-21,24-31,33-34,74,76-79H2,1-5H3,(H2,75,99)(H,84,100)(H,85,112)(H,86,111)(H,101,102)/t38-,42+,44+,45+,46+,47?,48+,49+,50+,51+,58+,59+/m1/s1. The van der Waals surface area contributed by atoms with Gasteiger partial charge in [-0.2, -0.15) is 0 Å². The number of rotatable bonds is 55. The van der Waals surface area contributed by atoms with Crippen molar-refractivity contribution in [1.29, 1.82) is 0 Å². The van der Waals surface area contributed by atoms with Crippen molar-refractivity contribution in [2.75, 3.05) is 32.8 Å². The summed E-state index contributed by atoms with van der Waals surface area (Å²) in [5.74, 6) is -17.1. The number of aromatic nitrogens is 2. The second kappa shape index (κ2) is 45.1. The summed E-state index contributed by atoms with van der Waals surface area (Å²) in [5, 5.41) is 45.6. The van der Waals surface area contributed by atoms with Crippen molar-refractivity contribution >= 4 is 110 Å². The van der Waals surface area contributed by atoms with E-state index >= 15 is 0 Å². The molecule has 6 rings (SSSR count). The number of aliphatic carboxylic acids is 1. The van der Waals surface area contributed by atoms with E-state index in [1.54, 1.807) is 86.8 Å². The minimum atomic E-state index is -1.93. The first-order valence-corrected chi connectivity index (χ1v) is 36.9. The Labute approximate surface area is 649 Å². The van der Waals surface area contributed by atoms with Crippen LogP contribution < -0.4 is 99.0 Å². The van der Waals surface area contributed by atoms with E-state index < -0.39 is 199 Å². The number of carbonyl (C=O) groups excluding carboxylic acids is 14. The Kier molecular flexibility index (Phi) is 36.7. The Bertz CT molecular complexity index is 4140. The molecule has 3 heterocycles. The summed E-state index contributed by atoms with van der Waals surface area (Å²) in [6.07, 6.45) is -3.95. The number of aliphatic hydroxyl groups excluding tert-OH is 2. The number of carbonyl (C=O) groups is 15. The van der Waals surface area contributed by atoms with Gasteiger partial charge in [-0.25, -0.2) is 48.0 Å². The van der Waals surface area contributed by atoms with Crippen molar-refractivity contribution in [2.24, 2.45) is 46.2 Å². The average molecular weight is 1580 g/mol. The number of carboxylic acids is 1. The van der Waals surface area contributed by atoms with Crippen LogP contribution in [-0.2, 0) is 84.8 Å². The molecule has 113 heavy (non-hydrogen) atoms. The van der Waals surface area contributed by atoms with Gasteiger partial charge in [-0.15, -0.1) is 0 Å². The molecular weight excluding hydrogens is 1470 g/mol. The first kappa shape index (κ1) is 91.9. The Hall–Kier alpha value is -9.96. The summed E-state index contributed by atoms with van der Waals surface area (Å²) in [6, 6.07) is 3.63. The first-order chi connectivity index (χ1) is 53.6. The smallest absolute Gasteiger partial charge is 0.305 e. The number of benzene rings is 3. The molecule has 40 heteroatoms. The van der Waals surface area contributed by atoms with Crippen molar-refractivity contribution in [3.63, 3.8) is 0 Å². The number of amides is 4. The summed E-state index contributed by atoms with van der Waals surface area (Å²) >= 11 is 0. The number of nitrogens with one attached hydrogen (secondary N) is 13. The molecule has 0 aliphatic carbocycles. The predicted molar refractivity (Wildman–Crippen MR) is 407 cm³/mol. The van der Waals surface area contributed by atoms with Gasteiger partial charge in [-0.3, -0.25) is 82.6 Å². The number of nitrogens with two attached hydrogens (primary N) is 6. The molecule has 12 atom stereocenters. The minimum Gasteiger partial charge on any atom is -0.481 e. The first-order valence-electron chi connectivity index (χ1n) is 36.9. The van der Waals surface area contributed by atoms with Crippen LogP contribution in [0, 0.1) is 11.8 Å². The molecule has 616 valence electrons. The maximum Gasteiger partial charge on any atom is 0.305 e. The van der Waals surface area contributed by atoms with Gasteiger partial charge in [-0.05, 0) is 119 Å². The number of oxazole rings is 1. The molecule has 1 aliphatic heterocycles. The summed E-state index contributed by atoms with van der Waals surface area (Å²) in [6.45, 7) is 6.12. The maximum atomic E-state index is 14.5. The zero-order valence-electron chi connectivity index (χ0n) is 63.4. The molecule has 5 aromatic rings. The number of carboxylic acid groups (broad SMARTS) is 1. The Morgan fingerprint density at radius 1 is 0.637 bits per heavy atom. The minimum absolute atomic E-state index is 0.00452. The number of hydrogen-bond acceptors (Lipinski definition) is 34. The molecule has 1 fully saturated rings. The summed E-state index contributed by atoms with van der Waals surface area (Å²) in [4.78, 5) is 212. The van der Waals surface area contributed by atoms with E-state index in [1.807, 2.05) is 6.07 Å². The second-order valence-electron chi connectivity index (χ2n) is 28.2. The molecule has 3 aromatic carbocycles. The Morgan fingerprint density at radius 3 is 1.81 bits per heavy atom. The van der Waals surface area contributed by atoms with E-state index in [0.717, 1.165) is 6.92 Å². The molecule has 40 nitrogen and oxygen atoms in total. The van der Waals surface area contributed by atoms with Gasteiger partial charge in [0.15, 0.2) is 11.9 Å². The van der Waals surface area contributed by atoms with Gasteiger partial charge in [-0.1, -0.05) is 76.2 Å². The van der Waals surface area contributed by atoms with E-state index in [-0.39, 0.29) is 95.5 Å². The van der Waals surface area contributed by atoms with Crippen LogP contribution in [0.3, 0.4) is 0 Å². The van der Waals surface area contributed by atoms with Crippen LogP contribution in [0.4, 0.5) is 0 Å². The third-order valence-electron chi connectivity index (χ3n) is 18.4. The molecule has 1 saturated heterocycles. The number of nitrogens with zero attached hydrogens (tertiary/aromatic N) is 2. The molecule has 0 radical (unpaired) electrons. The van der Waals surface area contributed by atoms with Gasteiger partial charge in [0.1, 0.15) is 42.3 Å². The third-order valence-corrected chi connectivity index (χ3v) is 18.4. The fraction of sp³-hybridized carbons (Fsp3) is 0.507. The summed E-state index contributed by atoms with van der Waals surface area (Å²) in [5.41, 5.74) is 55.7. The molecule has 28 N–H and O–H groups in total. The monoisotopic (exact) mass is 1580 g/mol. The van der Waals surface area contributed by atoms with Gasteiger partial charge < -0.3 is 75.1 Å². The van der Waals surface area contributed by atoms with Crippen LogP contribution in [-0.4, -0.2) is 236 Å². The van der Waals surface area contributed by atoms with Gasteiger partial charge in [0.25, 0.3) is 0 Å². The maximum absolute atomic E-state index is 14.5. The number of aldehydes is 1. The predicted octanol–water partition coefficient (Wildman–Crippen LogP) is -6.11. The Balaban J connectivity index is 1.12. The van der Waals surface area contributed by atoms with Gasteiger partial charge >= 0.3 is 5.97 Å². The van der Waals surface area contributed by atoms with E-state index in [0.29, 0.717) is 38.7 Å². The van der Waals surface area contributed by atoms with E-state index in [2.05, 4.69) is 69.5 Å². The average Bonchev–Trinajstić information content (AvgIpc) is 1.61. The highest BCUT2D eigenvalue weighted by Gasteiger charge is 2.44. The molecule has 2 aromatic heterocycles. The van der Waals surface area contributed by atoms with Crippen LogP contribution in [0.15, 0.2) is 83.4 Å². The molecule has 1 aliphatic rings. The van der Waals surface area contributed by atoms with Crippen molar-refractivity contribution in [2.45, 2.75) is 190 Å². The second-order valence-corrected chi connectivity index (χ2v) is 28.2. The summed E-state index contributed by atoms with van der Waals surface area (Å²) in [7, 11) is 0. The molecule has 1 unspecified atom stereocenters. The van der Waals surface area contributed by atoms with Crippen molar-refractivity contribution < 1.29 is 91.7 Å². The van der Waals surface area contributed by atoms with E-state index in [9.17, 15) is 87.2 Å². The number of primary amides is 1. The fourth-order valence-electron chi connectivity index (χ4n) is 12.5. The number of fused-ring (bicyclic) bond motifs is 3. The number of ketones is 9. The third kappa shape index (κ3) is 27.7. The highest BCUT2D eigenvalue weighted by Crippen LogP contribution is 2.32. The Morgan fingerprint density at radius 2 is 1.22 bits per heavy atom. The zero-order valence-corrected chi connectivity index (χ0v) is 63.4. The fourth-order valence-corrected chi connectivity index (χ4v) is 12.5. The quantitative estimate of drug-likeness (QED) is 0.00566. The van der Waals surface area contributed by atoms with E-state index in [4.69, 9.17) is 43.8 Å². The normalized spacial score (nSPS) is 16.2. The highest BCUT2D eigenvalue weighted by molar-refractivity contribution is 6.43. The topological polar surface area (TPSA) is 662 Å². The zero-order chi connectivity index (χ0) is 83.3. The van der Waals surface area contributed by atoms with Crippen LogP contribution in [0.25, 0.3) is 33.5 Å². The number of aliphatic hydroxyl groups is 2. The lowest BCUT2D eigenvalue weighted by molar-refractivity contribution is -0.144. The lowest BCUT2D eigenvalue weighted by atomic mass is 9.93. The highest BCUT2D eigenvalue weighted by atomic mass is 16.4. The van der Waals surface area contributed by atoms with Crippen molar-refractivity contribution in [3.8, 4) is 11.5 Å². The van der Waals surface area contributed by atoms with Crippen LogP contribution in [0.2, 0.25) is 0 Å². The summed E-state index contributed by atoms with van der Waals surface area (Å²) < 4.78 is 6.06.